The smallest absolute Gasteiger partial charge is 0.160 e. The van der Waals surface area contributed by atoms with Gasteiger partial charge < -0.3 is 9.30 Å². The van der Waals surface area contributed by atoms with Crippen LogP contribution < -0.4 is 4.74 Å². The highest BCUT2D eigenvalue weighted by Crippen LogP contribution is 2.17. The van der Waals surface area contributed by atoms with Gasteiger partial charge in [-0.1, -0.05) is 17.7 Å². The van der Waals surface area contributed by atoms with Crippen LogP contribution in [0.5, 0.6) is 5.75 Å². The van der Waals surface area contributed by atoms with Crippen LogP contribution in [0.1, 0.15) is 6.42 Å². The van der Waals surface area contributed by atoms with Crippen molar-refractivity contribution in [3.05, 3.63) is 60.3 Å². The van der Waals surface area contributed by atoms with Gasteiger partial charge in [0.1, 0.15) is 11.4 Å². The van der Waals surface area contributed by atoms with E-state index in [9.17, 15) is 0 Å². The second-order valence-corrected chi connectivity index (χ2v) is 5.13. The molecule has 2 aromatic heterocycles. The van der Waals surface area contributed by atoms with Crippen LogP contribution in [0.4, 0.5) is 0 Å². The molecule has 3 rings (SSSR count). The van der Waals surface area contributed by atoms with Crippen LogP contribution in [-0.2, 0) is 6.54 Å². The topological polar surface area (TPSA) is 52.8 Å². The highest BCUT2D eigenvalue weighted by atomic mass is 35.5. The van der Waals surface area contributed by atoms with Gasteiger partial charge in [-0.3, -0.25) is 4.98 Å². The second-order valence-electron chi connectivity index (χ2n) is 4.69. The Morgan fingerprint density at radius 2 is 2.09 bits per heavy atom. The minimum Gasteiger partial charge on any atom is -0.493 e. The third kappa shape index (κ3) is 3.62. The molecule has 2 heterocycles. The minimum absolute atomic E-state index is 0.610. The summed E-state index contributed by atoms with van der Waals surface area (Å²) in [5.41, 5.74) is 0.767. The zero-order chi connectivity index (χ0) is 15.2. The lowest BCUT2D eigenvalue weighted by atomic mass is 10.3. The molecule has 6 heteroatoms. The summed E-state index contributed by atoms with van der Waals surface area (Å²) in [5, 5.41) is 0.678. The Bertz CT molecular complexity index is 730. The number of imidazole rings is 1. The van der Waals surface area contributed by atoms with Gasteiger partial charge in [0.25, 0.3) is 0 Å². The Morgan fingerprint density at radius 1 is 1.14 bits per heavy atom. The number of ether oxygens (including phenoxy) is 1. The Labute approximate surface area is 133 Å². The molecule has 0 aliphatic heterocycles. The molecule has 1 aromatic carbocycles. The zero-order valence-electron chi connectivity index (χ0n) is 11.9. The van der Waals surface area contributed by atoms with E-state index in [1.54, 1.807) is 24.8 Å². The average molecular weight is 315 g/mol. The van der Waals surface area contributed by atoms with Crippen LogP contribution in [0, 0.1) is 0 Å². The van der Waals surface area contributed by atoms with Gasteiger partial charge in [0.05, 0.1) is 12.8 Å². The normalized spacial score (nSPS) is 10.6. The molecule has 112 valence electrons. The lowest BCUT2D eigenvalue weighted by Crippen LogP contribution is -2.06. The van der Waals surface area contributed by atoms with E-state index in [1.807, 2.05) is 35.0 Å². The quantitative estimate of drug-likeness (QED) is 0.654. The lowest BCUT2D eigenvalue weighted by Gasteiger charge is -2.09. The Hall–Kier alpha value is -2.40. The van der Waals surface area contributed by atoms with Crippen LogP contribution in [0.2, 0.25) is 5.02 Å². The van der Waals surface area contributed by atoms with Crippen molar-refractivity contribution in [1.82, 2.24) is 19.5 Å². The molecule has 0 unspecified atom stereocenters. The first-order valence-electron chi connectivity index (χ1n) is 6.99. The van der Waals surface area contributed by atoms with Crippen molar-refractivity contribution < 1.29 is 4.74 Å². The van der Waals surface area contributed by atoms with Gasteiger partial charge in [-0.15, -0.1) is 0 Å². The van der Waals surface area contributed by atoms with E-state index in [0.29, 0.717) is 11.6 Å². The van der Waals surface area contributed by atoms with Crippen molar-refractivity contribution >= 4 is 11.6 Å². The molecule has 0 atom stereocenters. The molecule has 3 aromatic rings. The second kappa shape index (κ2) is 7.04. The van der Waals surface area contributed by atoms with Crippen LogP contribution in [0.3, 0.4) is 0 Å². The van der Waals surface area contributed by atoms with Crippen LogP contribution >= 0.6 is 11.6 Å². The molecule has 0 bridgehead atoms. The highest BCUT2D eigenvalue weighted by molar-refractivity contribution is 6.30. The maximum absolute atomic E-state index is 5.92. The Morgan fingerprint density at radius 3 is 2.91 bits per heavy atom. The molecule has 0 radical (unpaired) electrons. The molecule has 0 saturated carbocycles. The molecule has 0 saturated heterocycles. The molecule has 5 nitrogen and oxygen atoms in total. The SMILES string of the molecule is Clc1cccc(OCCCn2ccnc2-c2cnccn2)c1. The van der Waals surface area contributed by atoms with E-state index >= 15 is 0 Å². The van der Waals surface area contributed by atoms with E-state index in [0.717, 1.165) is 30.2 Å². The van der Waals surface area contributed by atoms with Crippen LogP contribution in [0.15, 0.2) is 55.2 Å². The molecule has 22 heavy (non-hydrogen) atoms. The first-order chi connectivity index (χ1) is 10.8. The predicted molar refractivity (Wildman–Crippen MR) is 84.8 cm³/mol. The van der Waals surface area contributed by atoms with Crippen molar-refractivity contribution in [3.63, 3.8) is 0 Å². The van der Waals surface area contributed by atoms with E-state index < -0.39 is 0 Å². The average Bonchev–Trinajstić information content (AvgIpc) is 3.01. The van der Waals surface area contributed by atoms with E-state index in [4.69, 9.17) is 16.3 Å². The van der Waals surface area contributed by atoms with E-state index in [1.165, 1.54) is 0 Å². The number of aromatic nitrogens is 4. The molecule has 0 fully saturated rings. The van der Waals surface area contributed by atoms with Gasteiger partial charge in [-0.25, -0.2) is 9.97 Å². The number of nitrogens with zero attached hydrogens (tertiary/aromatic N) is 4. The fraction of sp³-hybridized carbons (Fsp3) is 0.188. The number of rotatable bonds is 6. The number of halogens is 1. The number of aryl methyl sites for hydroxylation is 1. The van der Waals surface area contributed by atoms with E-state index in [-0.39, 0.29) is 0 Å². The van der Waals surface area contributed by atoms with Gasteiger partial charge >= 0.3 is 0 Å². The maximum atomic E-state index is 5.92. The standard InChI is InChI=1S/C16H15ClN4O/c17-13-3-1-4-14(11-13)22-10-2-8-21-9-7-20-16(21)15-12-18-5-6-19-15/h1,3-7,9,11-12H,2,8,10H2. The molecular formula is C16H15ClN4O. The third-order valence-corrected chi connectivity index (χ3v) is 3.35. The van der Waals surface area contributed by atoms with Gasteiger partial charge in [0.15, 0.2) is 5.82 Å². The molecule has 0 aliphatic rings. The van der Waals surface area contributed by atoms with Gasteiger partial charge in [0, 0.05) is 36.4 Å². The summed E-state index contributed by atoms with van der Waals surface area (Å²) in [6.45, 7) is 1.41. The number of benzene rings is 1. The summed E-state index contributed by atoms with van der Waals surface area (Å²) in [6, 6.07) is 7.41. The molecular weight excluding hydrogens is 300 g/mol. The Balaban J connectivity index is 1.56. The fourth-order valence-corrected chi connectivity index (χ4v) is 2.30. The van der Waals surface area contributed by atoms with Gasteiger partial charge in [0.2, 0.25) is 0 Å². The van der Waals surface area contributed by atoms with Crippen molar-refractivity contribution in [2.45, 2.75) is 13.0 Å². The van der Waals surface area contributed by atoms with Crippen molar-refractivity contribution in [1.29, 1.82) is 0 Å². The van der Waals surface area contributed by atoms with Crippen molar-refractivity contribution in [2.75, 3.05) is 6.61 Å². The molecule has 0 N–H and O–H groups in total. The monoisotopic (exact) mass is 314 g/mol. The van der Waals surface area contributed by atoms with Crippen molar-refractivity contribution in [3.8, 4) is 17.3 Å². The molecule has 0 aliphatic carbocycles. The summed E-state index contributed by atoms with van der Waals surface area (Å²) in [5.74, 6) is 1.60. The first kappa shape index (κ1) is 14.5. The maximum Gasteiger partial charge on any atom is 0.160 e. The largest absolute Gasteiger partial charge is 0.493 e. The first-order valence-corrected chi connectivity index (χ1v) is 7.36. The van der Waals surface area contributed by atoms with Crippen LogP contribution in [0.25, 0.3) is 11.5 Å². The lowest BCUT2D eigenvalue weighted by molar-refractivity contribution is 0.302. The number of hydrogen-bond donors (Lipinski definition) is 0. The summed E-state index contributed by atoms with van der Waals surface area (Å²) >= 11 is 5.92. The third-order valence-electron chi connectivity index (χ3n) is 3.12. The van der Waals surface area contributed by atoms with Crippen LogP contribution in [-0.4, -0.2) is 26.1 Å². The highest BCUT2D eigenvalue weighted by Gasteiger charge is 2.06. The fourth-order valence-electron chi connectivity index (χ4n) is 2.12. The van der Waals surface area contributed by atoms with Crippen molar-refractivity contribution in [2.24, 2.45) is 0 Å². The van der Waals surface area contributed by atoms with Gasteiger partial charge in [-0.05, 0) is 24.6 Å². The minimum atomic E-state index is 0.610. The summed E-state index contributed by atoms with van der Waals surface area (Å²) in [6.07, 6.45) is 9.58. The predicted octanol–water partition coefficient (Wildman–Crippen LogP) is 3.46. The number of hydrogen-bond acceptors (Lipinski definition) is 4. The van der Waals surface area contributed by atoms with Gasteiger partial charge in [-0.2, -0.15) is 0 Å². The van der Waals surface area contributed by atoms with E-state index in [2.05, 4.69) is 15.0 Å². The Kier molecular flexibility index (Phi) is 4.65. The summed E-state index contributed by atoms with van der Waals surface area (Å²) < 4.78 is 7.73. The summed E-state index contributed by atoms with van der Waals surface area (Å²) in [4.78, 5) is 12.7. The molecule has 0 amide bonds. The summed E-state index contributed by atoms with van der Waals surface area (Å²) in [7, 11) is 0. The molecule has 0 spiro atoms. The zero-order valence-corrected chi connectivity index (χ0v) is 12.6.